The maximum absolute atomic E-state index is 13.8. The van der Waals surface area contributed by atoms with Crippen molar-refractivity contribution in [1.82, 2.24) is 9.97 Å². The molecule has 0 saturated carbocycles. The van der Waals surface area contributed by atoms with Crippen LogP contribution in [-0.2, 0) is 0 Å². The number of alkyl halides is 2. The van der Waals surface area contributed by atoms with Crippen molar-refractivity contribution < 1.29 is 13.2 Å². The third-order valence-electron chi connectivity index (χ3n) is 2.06. The summed E-state index contributed by atoms with van der Waals surface area (Å²) in [7, 11) is 0. The molecule has 2 nitrogen and oxygen atoms in total. The lowest BCUT2D eigenvalue weighted by molar-refractivity contribution is 0.150. The van der Waals surface area contributed by atoms with Crippen molar-refractivity contribution in [2.45, 2.75) is 6.43 Å². The van der Waals surface area contributed by atoms with E-state index in [1.54, 1.807) is 0 Å². The van der Waals surface area contributed by atoms with Gasteiger partial charge in [0, 0.05) is 10.9 Å². The number of hydrogen-bond donors (Lipinski definition) is 0. The third-order valence-corrected chi connectivity index (χ3v) is 3.32. The fraction of sp³-hybridized carbons (Fsp3) is 0.111. The SMILES string of the molecule is Fc1c(Br)c(C(F)F)cc2c(Cl)nc(Cl)nc12. The number of nitrogens with zero attached hydrogens (tertiary/aromatic N) is 2. The predicted molar refractivity (Wildman–Crippen MR) is 62.2 cm³/mol. The molecule has 2 aromatic rings. The van der Waals surface area contributed by atoms with Crippen LogP contribution in [0.15, 0.2) is 10.5 Å². The van der Waals surface area contributed by atoms with Crippen molar-refractivity contribution in [3.63, 3.8) is 0 Å². The summed E-state index contributed by atoms with van der Waals surface area (Å²) in [5.74, 6) is -0.941. The van der Waals surface area contributed by atoms with Gasteiger partial charge in [-0.25, -0.2) is 23.1 Å². The summed E-state index contributed by atoms with van der Waals surface area (Å²) in [6, 6.07) is 1.03. The fourth-order valence-corrected chi connectivity index (χ4v) is 2.23. The zero-order chi connectivity index (χ0) is 12.7. The maximum Gasteiger partial charge on any atom is 0.265 e. The molecule has 1 aromatic heterocycles. The summed E-state index contributed by atoms with van der Waals surface area (Å²) in [5.41, 5.74) is -0.714. The molecule has 90 valence electrons. The number of hydrogen-bond acceptors (Lipinski definition) is 2. The van der Waals surface area contributed by atoms with Crippen molar-refractivity contribution in [3.8, 4) is 0 Å². The second-order valence-corrected chi connectivity index (χ2v) is 4.56. The largest absolute Gasteiger partial charge is 0.265 e. The molecule has 0 spiro atoms. The summed E-state index contributed by atoms with van der Waals surface area (Å²) in [5, 5.41) is -0.432. The van der Waals surface area contributed by atoms with Gasteiger partial charge in [-0.05, 0) is 33.6 Å². The summed E-state index contributed by atoms with van der Waals surface area (Å²) in [6.07, 6.45) is -2.84. The van der Waals surface area contributed by atoms with E-state index in [9.17, 15) is 13.2 Å². The minimum Gasteiger partial charge on any atom is -0.215 e. The summed E-state index contributed by atoms with van der Waals surface area (Å²) in [4.78, 5) is 7.18. The first-order valence-electron chi connectivity index (χ1n) is 4.20. The molecule has 0 atom stereocenters. The average Bonchev–Trinajstić information content (AvgIpc) is 2.23. The molecule has 1 heterocycles. The Hall–Kier alpha value is -0.590. The quantitative estimate of drug-likeness (QED) is 0.549. The second kappa shape index (κ2) is 4.59. The lowest BCUT2D eigenvalue weighted by Gasteiger charge is -2.08. The van der Waals surface area contributed by atoms with Gasteiger partial charge in [0.2, 0.25) is 5.28 Å². The van der Waals surface area contributed by atoms with E-state index < -0.39 is 17.8 Å². The van der Waals surface area contributed by atoms with Gasteiger partial charge < -0.3 is 0 Å². The predicted octanol–water partition coefficient (Wildman–Crippen LogP) is 4.78. The van der Waals surface area contributed by atoms with Crippen LogP contribution < -0.4 is 0 Å². The Morgan fingerprint density at radius 1 is 1.24 bits per heavy atom. The van der Waals surface area contributed by atoms with E-state index in [0.29, 0.717) is 0 Å². The molecule has 0 bridgehead atoms. The van der Waals surface area contributed by atoms with E-state index >= 15 is 0 Å². The average molecular weight is 346 g/mol. The van der Waals surface area contributed by atoms with E-state index in [1.165, 1.54) is 0 Å². The number of benzene rings is 1. The first-order valence-corrected chi connectivity index (χ1v) is 5.75. The number of aromatic nitrogens is 2. The highest BCUT2D eigenvalue weighted by atomic mass is 79.9. The zero-order valence-electron chi connectivity index (χ0n) is 7.82. The first kappa shape index (κ1) is 12.9. The van der Waals surface area contributed by atoms with Gasteiger partial charge in [0.05, 0.1) is 4.47 Å². The lowest BCUT2D eigenvalue weighted by atomic mass is 10.1. The van der Waals surface area contributed by atoms with Crippen LogP contribution in [0, 0.1) is 5.82 Å². The van der Waals surface area contributed by atoms with Crippen LogP contribution in [0.5, 0.6) is 0 Å². The smallest absolute Gasteiger partial charge is 0.215 e. The highest BCUT2D eigenvalue weighted by molar-refractivity contribution is 9.10. The van der Waals surface area contributed by atoms with Crippen LogP contribution in [0.1, 0.15) is 12.0 Å². The van der Waals surface area contributed by atoms with Gasteiger partial charge in [-0.15, -0.1) is 0 Å². The Bertz CT molecular complexity index is 607. The van der Waals surface area contributed by atoms with Crippen molar-refractivity contribution in [2.24, 2.45) is 0 Å². The van der Waals surface area contributed by atoms with Crippen molar-refractivity contribution >= 4 is 50.0 Å². The van der Waals surface area contributed by atoms with Crippen LogP contribution in [0.25, 0.3) is 10.9 Å². The topological polar surface area (TPSA) is 25.8 Å². The maximum atomic E-state index is 13.8. The van der Waals surface area contributed by atoms with Gasteiger partial charge in [-0.3, -0.25) is 0 Å². The molecule has 0 aliphatic rings. The Morgan fingerprint density at radius 3 is 2.47 bits per heavy atom. The minimum absolute atomic E-state index is 0.00735. The molecule has 0 amide bonds. The molecule has 1 aromatic carbocycles. The molecule has 0 radical (unpaired) electrons. The molecule has 0 N–H and O–H groups in total. The van der Waals surface area contributed by atoms with Gasteiger partial charge in [0.25, 0.3) is 6.43 Å². The van der Waals surface area contributed by atoms with E-state index in [1.807, 2.05) is 0 Å². The van der Waals surface area contributed by atoms with Crippen LogP contribution >= 0.6 is 39.1 Å². The molecule has 0 aliphatic carbocycles. The highest BCUT2D eigenvalue weighted by Crippen LogP contribution is 2.36. The molecule has 8 heteroatoms. The van der Waals surface area contributed by atoms with Crippen LogP contribution in [0.4, 0.5) is 13.2 Å². The summed E-state index contributed by atoms with van der Waals surface area (Å²) < 4.78 is 38.7. The highest BCUT2D eigenvalue weighted by Gasteiger charge is 2.20. The van der Waals surface area contributed by atoms with E-state index in [-0.39, 0.29) is 25.8 Å². The molecule has 2 rings (SSSR count). The first-order chi connectivity index (χ1) is 7.91. The Morgan fingerprint density at radius 2 is 1.88 bits per heavy atom. The van der Waals surface area contributed by atoms with E-state index in [4.69, 9.17) is 23.2 Å². The minimum atomic E-state index is -2.84. The Labute approximate surface area is 112 Å². The standard InChI is InChI=1S/C9H2BrCl2F3N2/c10-4-2(8(14)15)1-3-6(5(4)13)16-9(12)17-7(3)11/h1,8H. The third kappa shape index (κ3) is 2.21. The molecule has 0 aliphatic heterocycles. The monoisotopic (exact) mass is 344 g/mol. The normalized spacial score (nSPS) is 11.5. The van der Waals surface area contributed by atoms with Crippen molar-refractivity contribution in [3.05, 3.63) is 32.4 Å². The number of rotatable bonds is 1. The van der Waals surface area contributed by atoms with Gasteiger partial charge >= 0.3 is 0 Å². The molecule has 17 heavy (non-hydrogen) atoms. The van der Waals surface area contributed by atoms with Gasteiger partial charge in [-0.2, -0.15) is 0 Å². The van der Waals surface area contributed by atoms with E-state index in [0.717, 1.165) is 6.07 Å². The Balaban J connectivity index is 2.91. The summed E-state index contributed by atoms with van der Waals surface area (Å²) in [6.45, 7) is 0. The van der Waals surface area contributed by atoms with Crippen LogP contribution in [0.3, 0.4) is 0 Å². The van der Waals surface area contributed by atoms with Crippen molar-refractivity contribution in [1.29, 1.82) is 0 Å². The zero-order valence-corrected chi connectivity index (χ0v) is 10.9. The molecular weight excluding hydrogens is 344 g/mol. The van der Waals surface area contributed by atoms with Gasteiger partial charge in [0.15, 0.2) is 5.82 Å². The lowest BCUT2D eigenvalue weighted by Crippen LogP contribution is -1.96. The molecule has 0 saturated heterocycles. The van der Waals surface area contributed by atoms with Gasteiger partial charge in [-0.1, -0.05) is 11.6 Å². The van der Waals surface area contributed by atoms with Crippen molar-refractivity contribution in [2.75, 3.05) is 0 Å². The molecular formula is C9H2BrCl2F3N2. The molecule has 0 fully saturated rings. The van der Waals surface area contributed by atoms with Crippen LogP contribution in [-0.4, -0.2) is 9.97 Å². The summed E-state index contributed by atoms with van der Waals surface area (Å²) >= 11 is 14.0. The van der Waals surface area contributed by atoms with Crippen LogP contribution in [0.2, 0.25) is 10.4 Å². The second-order valence-electron chi connectivity index (χ2n) is 3.07. The Kier molecular flexibility index (Phi) is 3.47. The molecule has 0 unspecified atom stereocenters. The number of halogens is 6. The number of fused-ring (bicyclic) bond motifs is 1. The fourth-order valence-electron chi connectivity index (χ4n) is 1.32. The van der Waals surface area contributed by atoms with Gasteiger partial charge in [0.1, 0.15) is 10.7 Å². The van der Waals surface area contributed by atoms with E-state index in [2.05, 4.69) is 25.9 Å².